The number of aliphatic carboxylic acids is 1. The summed E-state index contributed by atoms with van der Waals surface area (Å²) in [6.07, 6.45) is 1.49. The minimum atomic E-state index is -1.01. The molecule has 0 spiro atoms. The van der Waals surface area contributed by atoms with Crippen molar-refractivity contribution in [1.82, 2.24) is 4.90 Å². The maximum Gasteiger partial charge on any atom is 0.326 e. The van der Waals surface area contributed by atoms with Crippen LogP contribution in [0.5, 0.6) is 0 Å². The Bertz CT molecular complexity index is 663. The first-order valence-corrected chi connectivity index (χ1v) is 7.97. The Balaban J connectivity index is 1.76. The van der Waals surface area contributed by atoms with Crippen molar-refractivity contribution in [2.75, 3.05) is 18.0 Å². The molecule has 1 aromatic rings. The van der Waals surface area contributed by atoms with Gasteiger partial charge in [-0.25, -0.2) is 4.79 Å². The highest BCUT2D eigenvalue weighted by molar-refractivity contribution is 6.31. The Hall–Kier alpha value is -2.08. The molecule has 2 heterocycles. The summed E-state index contributed by atoms with van der Waals surface area (Å²) in [6.45, 7) is 0.831. The molecule has 2 aliphatic heterocycles. The Labute approximate surface area is 138 Å². The lowest BCUT2D eigenvalue weighted by molar-refractivity contribution is -0.151. The van der Waals surface area contributed by atoms with Gasteiger partial charge < -0.3 is 14.9 Å². The molecule has 2 amide bonds. The van der Waals surface area contributed by atoms with Gasteiger partial charge in [-0.15, -0.1) is 0 Å². The second kappa shape index (κ2) is 6.20. The smallest absolute Gasteiger partial charge is 0.326 e. The summed E-state index contributed by atoms with van der Waals surface area (Å²) in [5.41, 5.74) is 0.661. The maximum atomic E-state index is 12.6. The standard InChI is InChI=1S/C16H17ClN2O4/c17-10-3-1-4-11(9-10)18-8-6-12(14(18)20)15(21)19-7-2-5-13(19)16(22)23/h1,3-4,9,12-13H,2,5-8H2,(H,22,23). The van der Waals surface area contributed by atoms with Crippen molar-refractivity contribution in [2.45, 2.75) is 25.3 Å². The topological polar surface area (TPSA) is 77.9 Å². The van der Waals surface area contributed by atoms with Crippen LogP contribution in [0.15, 0.2) is 24.3 Å². The van der Waals surface area contributed by atoms with Gasteiger partial charge in [0, 0.05) is 23.8 Å². The predicted octanol–water partition coefficient (Wildman–Crippen LogP) is 1.77. The second-order valence-corrected chi connectivity index (χ2v) is 6.28. The molecule has 3 rings (SSSR count). The number of rotatable bonds is 3. The van der Waals surface area contributed by atoms with E-state index in [-0.39, 0.29) is 11.8 Å². The van der Waals surface area contributed by atoms with Crippen molar-refractivity contribution in [1.29, 1.82) is 0 Å². The van der Waals surface area contributed by atoms with Crippen molar-refractivity contribution < 1.29 is 19.5 Å². The van der Waals surface area contributed by atoms with Gasteiger partial charge >= 0.3 is 5.97 Å². The van der Waals surface area contributed by atoms with E-state index in [1.807, 2.05) is 0 Å². The number of hydrogen-bond donors (Lipinski definition) is 1. The highest BCUT2D eigenvalue weighted by Crippen LogP contribution is 2.30. The molecule has 6 nitrogen and oxygen atoms in total. The number of carbonyl (C=O) groups is 3. The first-order chi connectivity index (χ1) is 11.0. The molecule has 1 N–H and O–H groups in total. The highest BCUT2D eigenvalue weighted by atomic mass is 35.5. The molecule has 0 saturated carbocycles. The number of amides is 2. The SMILES string of the molecule is O=C(O)C1CCCN1C(=O)C1CCN(c2cccc(Cl)c2)C1=O. The normalized spacial score (nSPS) is 24.3. The van der Waals surface area contributed by atoms with Crippen LogP contribution in [0.25, 0.3) is 0 Å². The van der Waals surface area contributed by atoms with E-state index in [1.54, 1.807) is 29.2 Å². The van der Waals surface area contributed by atoms with Gasteiger partial charge in [0.15, 0.2) is 0 Å². The Morgan fingerprint density at radius 3 is 2.70 bits per heavy atom. The van der Waals surface area contributed by atoms with Crippen LogP contribution in [-0.4, -0.2) is 46.9 Å². The van der Waals surface area contributed by atoms with Crippen molar-refractivity contribution in [3.8, 4) is 0 Å². The second-order valence-electron chi connectivity index (χ2n) is 5.84. The zero-order valence-corrected chi connectivity index (χ0v) is 13.2. The summed E-state index contributed by atoms with van der Waals surface area (Å²) < 4.78 is 0. The molecular formula is C16H17ClN2O4. The van der Waals surface area contributed by atoms with Gasteiger partial charge in [0.1, 0.15) is 12.0 Å². The van der Waals surface area contributed by atoms with Gasteiger partial charge in [-0.1, -0.05) is 17.7 Å². The molecule has 0 radical (unpaired) electrons. The molecule has 0 aromatic heterocycles. The van der Waals surface area contributed by atoms with Gasteiger partial charge in [0.25, 0.3) is 0 Å². The number of halogens is 1. The molecule has 0 bridgehead atoms. The summed E-state index contributed by atoms with van der Waals surface area (Å²) >= 11 is 5.95. The molecule has 2 aliphatic rings. The summed E-state index contributed by atoms with van der Waals surface area (Å²) in [7, 11) is 0. The van der Waals surface area contributed by atoms with E-state index in [4.69, 9.17) is 11.6 Å². The fourth-order valence-corrected chi connectivity index (χ4v) is 3.48. The van der Waals surface area contributed by atoms with Crippen LogP contribution < -0.4 is 4.90 Å². The lowest BCUT2D eigenvalue weighted by Gasteiger charge is -2.24. The van der Waals surface area contributed by atoms with E-state index in [2.05, 4.69) is 0 Å². The third-order valence-corrected chi connectivity index (χ3v) is 4.68. The van der Waals surface area contributed by atoms with Crippen LogP contribution in [0.3, 0.4) is 0 Å². The molecule has 7 heteroatoms. The molecule has 122 valence electrons. The van der Waals surface area contributed by atoms with E-state index in [0.717, 1.165) is 0 Å². The van der Waals surface area contributed by atoms with Crippen LogP contribution in [-0.2, 0) is 14.4 Å². The molecular weight excluding hydrogens is 320 g/mol. The summed E-state index contributed by atoms with van der Waals surface area (Å²) in [5, 5.41) is 9.72. The van der Waals surface area contributed by atoms with E-state index in [0.29, 0.717) is 43.1 Å². The fraction of sp³-hybridized carbons (Fsp3) is 0.438. The van der Waals surface area contributed by atoms with Crippen molar-refractivity contribution in [3.05, 3.63) is 29.3 Å². The Kier molecular flexibility index (Phi) is 4.26. The van der Waals surface area contributed by atoms with Gasteiger partial charge in [0.05, 0.1) is 0 Å². The number of carboxylic acids is 1. The summed E-state index contributed by atoms with van der Waals surface area (Å²) in [5.74, 6) is -2.46. The van der Waals surface area contributed by atoms with Crippen LogP contribution in [0.4, 0.5) is 5.69 Å². The predicted molar refractivity (Wildman–Crippen MR) is 84.3 cm³/mol. The van der Waals surface area contributed by atoms with Gasteiger partial charge in [-0.3, -0.25) is 9.59 Å². The van der Waals surface area contributed by atoms with E-state index in [1.165, 1.54) is 4.90 Å². The summed E-state index contributed by atoms with van der Waals surface area (Å²) in [4.78, 5) is 39.3. The maximum absolute atomic E-state index is 12.6. The van der Waals surface area contributed by atoms with Gasteiger partial charge in [-0.2, -0.15) is 0 Å². The van der Waals surface area contributed by atoms with Gasteiger partial charge in [0.2, 0.25) is 11.8 Å². The third-order valence-electron chi connectivity index (χ3n) is 4.44. The number of carbonyl (C=O) groups excluding carboxylic acids is 2. The monoisotopic (exact) mass is 336 g/mol. The first kappa shape index (κ1) is 15.8. The molecule has 2 fully saturated rings. The number of benzene rings is 1. The number of carboxylic acid groups (broad SMARTS) is 1. The van der Waals surface area contributed by atoms with Crippen LogP contribution in [0.1, 0.15) is 19.3 Å². The number of likely N-dealkylation sites (tertiary alicyclic amines) is 1. The van der Waals surface area contributed by atoms with E-state index < -0.39 is 17.9 Å². The molecule has 2 unspecified atom stereocenters. The Morgan fingerprint density at radius 2 is 2.00 bits per heavy atom. The number of hydrogen-bond acceptors (Lipinski definition) is 3. The molecule has 23 heavy (non-hydrogen) atoms. The summed E-state index contributed by atoms with van der Waals surface area (Å²) in [6, 6.07) is 6.11. The largest absolute Gasteiger partial charge is 0.480 e. The average molecular weight is 337 g/mol. The van der Waals surface area contributed by atoms with Crippen LogP contribution in [0, 0.1) is 5.92 Å². The van der Waals surface area contributed by atoms with Crippen molar-refractivity contribution in [2.24, 2.45) is 5.92 Å². The first-order valence-electron chi connectivity index (χ1n) is 7.59. The highest BCUT2D eigenvalue weighted by Gasteiger charge is 2.44. The molecule has 1 aromatic carbocycles. The van der Waals surface area contributed by atoms with E-state index in [9.17, 15) is 19.5 Å². The van der Waals surface area contributed by atoms with Crippen LogP contribution >= 0.6 is 11.6 Å². The lowest BCUT2D eigenvalue weighted by Crippen LogP contribution is -2.45. The van der Waals surface area contributed by atoms with Crippen molar-refractivity contribution in [3.63, 3.8) is 0 Å². The lowest BCUT2D eigenvalue weighted by atomic mass is 10.1. The van der Waals surface area contributed by atoms with Crippen LogP contribution in [0.2, 0.25) is 5.02 Å². The quantitative estimate of drug-likeness (QED) is 0.853. The van der Waals surface area contributed by atoms with E-state index >= 15 is 0 Å². The number of anilines is 1. The minimum absolute atomic E-state index is 0.284. The third kappa shape index (κ3) is 2.91. The molecule has 2 atom stereocenters. The zero-order chi connectivity index (χ0) is 16.6. The fourth-order valence-electron chi connectivity index (χ4n) is 3.30. The number of nitrogens with zero attached hydrogens (tertiary/aromatic N) is 2. The minimum Gasteiger partial charge on any atom is -0.480 e. The van der Waals surface area contributed by atoms with Gasteiger partial charge in [-0.05, 0) is 37.5 Å². The Morgan fingerprint density at radius 1 is 1.22 bits per heavy atom. The molecule has 2 saturated heterocycles. The molecule has 0 aliphatic carbocycles. The van der Waals surface area contributed by atoms with Crippen molar-refractivity contribution >= 4 is 35.1 Å². The zero-order valence-electron chi connectivity index (χ0n) is 12.4. The average Bonchev–Trinajstić information content (AvgIpc) is 3.13.